The minimum Gasteiger partial charge on any atom is -0.311 e. The van der Waals surface area contributed by atoms with E-state index in [-0.39, 0.29) is 6.04 Å². The molecule has 0 saturated carbocycles. The predicted octanol–water partition coefficient (Wildman–Crippen LogP) is 1.53. The molecule has 1 unspecified atom stereocenters. The van der Waals surface area contributed by atoms with Crippen molar-refractivity contribution in [2.24, 2.45) is 0 Å². The number of nitrogens with one attached hydrogen (secondary N) is 1. The van der Waals surface area contributed by atoms with Crippen LogP contribution >= 0.6 is 11.3 Å². The van der Waals surface area contributed by atoms with Crippen molar-refractivity contribution in [3.05, 3.63) is 29.5 Å². The van der Waals surface area contributed by atoms with Gasteiger partial charge in [0.1, 0.15) is 5.01 Å². The van der Waals surface area contributed by atoms with E-state index in [9.17, 15) is 0 Å². The van der Waals surface area contributed by atoms with Crippen LogP contribution in [0.4, 0.5) is 0 Å². The molecule has 1 atom stereocenters. The van der Waals surface area contributed by atoms with Gasteiger partial charge in [-0.25, -0.2) is 0 Å². The minimum absolute atomic E-state index is 0.207. The molecule has 0 amide bonds. The molecular weight excluding hydrogens is 248 g/mol. The summed E-state index contributed by atoms with van der Waals surface area (Å²) in [5, 5.41) is 17.0. The molecular formula is C11H12N6S. The molecule has 3 aromatic rings. The van der Waals surface area contributed by atoms with Crippen molar-refractivity contribution >= 4 is 16.3 Å². The topological polar surface area (TPSA) is 68.0 Å². The Morgan fingerprint density at radius 3 is 3.00 bits per heavy atom. The molecule has 0 radical (unpaired) electrons. The van der Waals surface area contributed by atoms with Gasteiger partial charge in [0.2, 0.25) is 4.96 Å². The van der Waals surface area contributed by atoms with Gasteiger partial charge in [0.25, 0.3) is 0 Å². The fraction of sp³-hybridized carbons (Fsp3) is 0.273. The quantitative estimate of drug-likeness (QED) is 0.773. The van der Waals surface area contributed by atoms with Gasteiger partial charge in [-0.15, -0.1) is 10.2 Å². The summed E-state index contributed by atoms with van der Waals surface area (Å²) in [7, 11) is 1.91. The summed E-state index contributed by atoms with van der Waals surface area (Å²) >= 11 is 1.54. The second-order valence-electron chi connectivity index (χ2n) is 3.91. The highest BCUT2D eigenvalue weighted by molar-refractivity contribution is 7.16. The van der Waals surface area contributed by atoms with Crippen LogP contribution < -0.4 is 5.32 Å². The predicted molar refractivity (Wildman–Crippen MR) is 69.4 cm³/mol. The highest BCUT2D eigenvalue weighted by atomic mass is 32.1. The molecule has 0 aliphatic rings. The van der Waals surface area contributed by atoms with E-state index >= 15 is 0 Å². The maximum atomic E-state index is 4.54. The normalized spacial score (nSPS) is 13.0. The van der Waals surface area contributed by atoms with Gasteiger partial charge in [-0.05, 0) is 26.1 Å². The largest absolute Gasteiger partial charge is 0.311 e. The number of hydrogen-bond donors (Lipinski definition) is 1. The molecule has 3 rings (SSSR count). The molecule has 0 saturated heterocycles. The number of fused-ring (bicyclic) bond motifs is 1. The zero-order valence-electron chi connectivity index (χ0n) is 10.0. The van der Waals surface area contributed by atoms with E-state index in [1.807, 2.05) is 19.2 Å². The maximum Gasteiger partial charge on any atom is 0.235 e. The van der Waals surface area contributed by atoms with Crippen molar-refractivity contribution in [1.29, 1.82) is 0 Å². The van der Waals surface area contributed by atoms with Crippen molar-refractivity contribution < 1.29 is 0 Å². The molecule has 1 N–H and O–H groups in total. The third-order valence-corrected chi connectivity index (χ3v) is 3.81. The van der Waals surface area contributed by atoms with Gasteiger partial charge < -0.3 is 5.32 Å². The van der Waals surface area contributed by atoms with Crippen LogP contribution in [0.1, 0.15) is 18.0 Å². The van der Waals surface area contributed by atoms with Crippen LogP contribution in [0.2, 0.25) is 0 Å². The first-order valence-electron chi connectivity index (χ1n) is 5.59. The van der Waals surface area contributed by atoms with Crippen LogP contribution in [0.25, 0.3) is 16.3 Å². The van der Waals surface area contributed by atoms with Crippen LogP contribution in [-0.2, 0) is 0 Å². The van der Waals surface area contributed by atoms with Crippen molar-refractivity contribution in [1.82, 2.24) is 30.1 Å². The van der Waals surface area contributed by atoms with Crippen LogP contribution in [0.3, 0.4) is 0 Å². The molecule has 92 valence electrons. The van der Waals surface area contributed by atoms with Crippen LogP contribution in [0, 0.1) is 0 Å². The van der Waals surface area contributed by atoms with Crippen molar-refractivity contribution in [2.45, 2.75) is 13.0 Å². The second-order valence-corrected chi connectivity index (χ2v) is 4.90. The molecule has 3 aromatic heterocycles. The molecule has 6 nitrogen and oxygen atoms in total. The Morgan fingerprint density at radius 2 is 2.28 bits per heavy atom. The Kier molecular flexibility index (Phi) is 2.77. The Bertz CT molecular complexity index is 659. The summed E-state index contributed by atoms with van der Waals surface area (Å²) in [4.78, 5) is 4.88. The Morgan fingerprint density at radius 1 is 1.39 bits per heavy atom. The molecule has 0 bridgehead atoms. The van der Waals surface area contributed by atoms with E-state index in [2.05, 4.69) is 32.5 Å². The standard InChI is InChI=1S/C11H12N6S/c1-7(12-2)10-16-17-9(14-15-11(17)18-10)8-4-3-5-13-6-8/h3-7,12H,1-2H3. The summed E-state index contributed by atoms with van der Waals surface area (Å²) < 4.78 is 1.77. The smallest absolute Gasteiger partial charge is 0.235 e. The second kappa shape index (κ2) is 4.43. The van der Waals surface area contributed by atoms with E-state index in [0.29, 0.717) is 0 Å². The number of nitrogens with zero attached hydrogens (tertiary/aromatic N) is 5. The van der Waals surface area contributed by atoms with E-state index in [1.54, 1.807) is 28.2 Å². The summed E-state index contributed by atoms with van der Waals surface area (Å²) in [6, 6.07) is 4.03. The molecule has 3 heterocycles. The third kappa shape index (κ3) is 1.77. The Hall–Kier alpha value is -1.86. The SMILES string of the molecule is CNC(C)c1nn2c(-c3cccnc3)nnc2s1. The molecule has 7 heteroatoms. The fourth-order valence-electron chi connectivity index (χ4n) is 1.61. The Balaban J connectivity index is 2.11. The lowest BCUT2D eigenvalue weighted by Crippen LogP contribution is -2.12. The van der Waals surface area contributed by atoms with E-state index in [0.717, 1.165) is 21.4 Å². The van der Waals surface area contributed by atoms with Crippen LogP contribution in [0.15, 0.2) is 24.5 Å². The van der Waals surface area contributed by atoms with Gasteiger partial charge in [0.15, 0.2) is 5.82 Å². The van der Waals surface area contributed by atoms with Gasteiger partial charge >= 0.3 is 0 Å². The third-order valence-electron chi connectivity index (χ3n) is 2.73. The highest BCUT2D eigenvalue weighted by Gasteiger charge is 2.15. The molecule has 18 heavy (non-hydrogen) atoms. The van der Waals surface area contributed by atoms with Crippen LogP contribution in [0.5, 0.6) is 0 Å². The first kappa shape index (κ1) is 11.2. The monoisotopic (exact) mass is 260 g/mol. The van der Waals surface area contributed by atoms with Gasteiger partial charge in [-0.2, -0.15) is 9.61 Å². The van der Waals surface area contributed by atoms with E-state index in [4.69, 9.17) is 0 Å². The Labute approximate surface area is 108 Å². The number of aromatic nitrogens is 5. The van der Waals surface area contributed by atoms with Gasteiger partial charge in [-0.3, -0.25) is 4.98 Å². The highest BCUT2D eigenvalue weighted by Crippen LogP contribution is 2.23. The summed E-state index contributed by atoms with van der Waals surface area (Å²) in [5.41, 5.74) is 0.916. The van der Waals surface area contributed by atoms with E-state index in [1.165, 1.54) is 0 Å². The lowest BCUT2D eigenvalue weighted by Gasteiger charge is -2.03. The summed E-state index contributed by atoms with van der Waals surface area (Å²) in [5.74, 6) is 0.726. The fourth-order valence-corrected chi connectivity index (χ4v) is 2.50. The minimum atomic E-state index is 0.207. The summed E-state index contributed by atoms with van der Waals surface area (Å²) in [6.45, 7) is 2.06. The first-order valence-corrected chi connectivity index (χ1v) is 6.41. The van der Waals surface area contributed by atoms with Gasteiger partial charge in [0.05, 0.1) is 6.04 Å². The number of hydrogen-bond acceptors (Lipinski definition) is 6. The lowest BCUT2D eigenvalue weighted by molar-refractivity contribution is 0.635. The van der Waals surface area contributed by atoms with Crippen molar-refractivity contribution in [3.8, 4) is 11.4 Å². The number of pyridine rings is 1. The van der Waals surface area contributed by atoms with E-state index < -0.39 is 0 Å². The number of rotatable bonds is 3. The van der Waals surface area contributed by atoms with Crippen molar-refractivity contribution in [2.75, 3.05) is 7.05 Å². The average Bonchev–Trinajstić information content (AvgIpc) is 2.98. The summed E-state index contributed by atoms with van der Waals surface area (Å²) in [6.07, 6.45) is 3.49. The van der Waals surface area contributed by atoms with Crippen LogP contribution in [-0.4, -0.2) is 31.8 Å². The maximum absolute atomic E-state index is 4.54. The molecule has 0 aliphatic carbocycles. The zero-order valence-corrected chi connectivity index (χ0v) is 10.8. The molecule has 0 spiro atoms. The molecule has 0 fully saturated rings. The zero-order chi connectivity index (χ0) is 12.5. The molecule has 0 aliphatic heterocycles. The first-order chi connectivity index (χ1) is 8.79. The van der Waals surface area contributed by atoms with Crippen molar-refractivity contribution in [3.63, 3.8) is 0 Å². The lowest BCUT2D eigenvalue weighted by atomic mass is 10.3. The van der Waals surface area contributed by atoms with Gasteiger partial charge in [0, 0.05) is 18.0 Å². The van der Waals surface area contributed by atoms with Gasteiger partial charge in [-0.1, -0.05) is 11.3 Å². The molecule has 0 aromatic carbocycles. The average molecular weight is 260 g/mol.